The lowest BCUT2D eigenvalue weighted by Gasteiger charge is -2.23. The van der Waals surface area contributed by atoms with E-state index in [2.05, 4.69) is 35.4 Å². The van der Waals surface area contributed by atoms with Crippen LogP contribution >= 0.6 is 0 Å². The summed E-state index contributed by atoms with van der Waals surface area (Å²) in [5.74, 6) is 0. The van der Waals surface area contributed by atoms with Crippen LogP contribution in [0.3, 0.4) is 0 Å². The zero-order valence-corrected chi connectivity index (χ0v) is 11.2. The minimum Gasteiger partial charge on any atom is -0.313 e. The molecule has 1 aromatic rings. The summed E-state index contributed by atoms with van der Waals surface area (Å²) < 4.78 is 1.91. The van der Waals surface area contributed by atoms with Crippen LogP contribution in [0, 0.1) is 6.92 Å². The van der Waals surface area contributed by atoms with Gasteiger partial charge in [-0.3, -0.25) is 9.58 Å². The van der Waals surface area contributed by atoms with E-state index in [1.165, 1.54) is 24.9 Å². The lowest BCUT2D eigenvalue weighted by molar-refractivity contribution is 0.253. The first-order valence-electron chi connectivity index (χ1n) is 6.64. The molecule has 17 heavy (non-hydrogen) atoms. The fraction of sp³-hybridized carbons (Fsp3) is 0.769. The number of hydrogen-bond acceptors (Lipinski definition) is 3. The molecule has 4 nitrogen and oxygen atoms in total. The molecule has 0 aromatic carbocycles. The summed E-state index contributed by atoms with van der Waals surface area (Å²) in [7, 11) is 1.99. The van der Waals surface area contributed by atoms with Crippen LogP contribution in [0.5, 0.6) is 0 Å². The van der Waals surface area contributed by atoms with E-state index < -0.39 is 0 Å². The summed E-state index contributed by atoms with van der Waals surface area (Å²) in [5.41, 5.74) is 2.51. The van der Waals surface area contributed by atoms with Crippen molar-refractivity contribution in [2.75, 3.05) is 19.6 Å². The van der Waals surface area contributed by atoms with Crippen molar-refractivity contribution in [2.45, 2.75) is 39.3 Å². The van der Waals surface area contributed by atoms with Gasteiger partial charge in [-0.05, 0) is 32.9 Å². The van der Waals surface area contributed by atoms with Gasteiger partial charge in [0.15, 0.2) is 0 Å². The topological polar surface area (TPSA) is 33.1 Å². The molecule has 1 aliphatic rings. The highest BCUT2D eigenvalue weighted by atomic mass is 15.3. The Kier molecular flexibility index (Phi) is 4.18. The molecule has 0 aliphatic carbocycles. The third kappa shape index (κ3) is 3.30. The van der Waals surface area contributed by atoms with Crippen LogP contribution < -0.4 is 5.32 Å². The van der Waals surface area contributed by atoms with Crippen molar-refractivity contribution < 1.29 is 0 Å². The van der Waals surface area contributed by atoms with Crippen molar-refractivity contribution in [3.8, 4) is 0 Å². The molecular weight excluding hydrogens is 212 g/mol. The van der Waals surface area contributed by atoms with E-state index in [1.54, 1.807) is 0 Å². The van der Waals surface area contributed by atoms with Crippen molar-refractivity contribution in [2.24, 2.45) is 7.05 Å². The monoisotopic (exact) mass is 236 g/mol. The van der Waals surface area contributed by atoms with Crippen LogP contribution in [0.4, 0.5) is 0 Å². The van der Waals surface area contributed by atoms with Crippen LogP contribution in [-0.4, -0.2) is 40.4 Å². The van der Waals surface area contributed by atoms with Gasteiger partial charge in [-0.2, -0.15) is 5.10 Å². The van der Waals surface area contributed by atoms with E-state index in [0.29, 0.717) is 6.04 Å². The minimum absolute atomic E-state index is 0.687. The fourth-order valence-electron chi connectivity index (χ4n) is 2.57. The standard InChI is InChI=1S/C13H24N4/c1-4-17(10-13-6-5-7-14-13)9-12-8-16(3)15-11(12)2/h8,13-14H,4-7,9-10H2,1-3H3. The van der Waals surface area contributed by atoms with Crippen LogP contribution in [0.25, 0.3) is 0 Å². The average molecular weight is 236 g/mol. The molecule has 0 radical (unpaired) electrons. The third-order valence-corrected chi connectivity index (χ3v) is 3.60. The predicted octanol–water partition coefficient (Wildman–Crippen LogP) is 1.30. The second kappa shape index (κ2) is 5.65. The Labute approximate surface area is 104 Å². The van der Waals surface area contributed by atoms with Crippen molar-refractivity contribution in [3.63, 3.8) is 0 Å². The van der Waals surface area contributed by atoms with Crippen molar-refractivity contribution in [1.82, 2.24) is 20.0 Å². The van der Waals surface area contributed by atoms with Gasteiger partial charge in [0.2, 0.25) is 0 Å². The number of aromatic nitrogens is 2. The highest BCUT2D eigenvalue weighted by Crippen LogP contribution is 2.12. The Morgan fingerprint density at radius 3 is 2.94 bits per heavy atom. The van der Waals surface area contributed by atoms with Gasteiger partial charge in [0.25, 0.3) is 0 Å². The summed E-state index contributed by atoms with van der Waals surface area (Å²) in [6.07, 6.45) is 4.79. The summed E-state index contributed by atoms with van der Waals surface area (Å²) in [6.45, 7) is 8.80. The van der Waals surface area contributed by atoms with Crippen LogP contribution in [0.15, 0.2) is 6.20 Å². The Hall–Kier alpha value is -0.870. The molecule has 96 valence electrons. The molecule has 4 heteroatoms. The highest BCUT2D eigenvalue weighted by Gasteiger charge is 2.18. The zero-order chi connectivity index (χ0) is 12.3. The molecule has 1 atom stereocenters. The summed E-state index contributed by atoms with van der Waals surface area (Å²) in [5, 5.41) is 7.97. The first kappa shape index (κ1) is 12.6. The van der Waals surface area contributed by atoms with Gasteiger partial charge in [-0.15, -0.1) is 0 Å². The van der Waals surface area contributed by atoms with Crippen LogP contribution in [-0.2, 0) is 13.6 Å². The molecule has 1 aliphatic heterocycles. The molecule has 1 unspecified atom stereocenters. The summed E-state index contributed by atoms with van der Waals surface area (Å²) in [4.78, 5) is 2.51. The number of nitrogens with zero attached hydrogens (tertiary/aromatic N) is 3. The number of nitrogens with one attached hydrogen (secondary N) is 1. The molecule has 0 bridgehead atoms. The van der Waals surface area contributed by atoms with E-state index in [-0.39, 0.29) is 0 Å². The van der Waals surface area contributed by atoms with Crippen LogP contribution in [0.1, 0.15) is 31.0 Å². The van der Waals surface area contributed by atoms with Gasteiger partial charge >= 0.3 is 0 Å². The molecule has 2 heterocycles. The van der Waals surface area contributed by atoms with Gasteiger partial charge in [0.1, 0.15) is 0 Å². The largest absolute Gasteiger partial charge is 0.313 e. The van der Waals surface area contributed by atoms with E-state index in [9.17, 15) is 0 Å². The van der Waals surface area contributed by atoms with Gasteiger partial charge < -0.3 is 5.32 Å². The number of hydrogen-bond donors (Lipinski definition) is 1. The molecule has 1 aromatic heterocycles. The Balaban J connectivity index is 1.92. The SMILES string of the molecule is CCN(Cc1cn(C)nc1C)CC1CCCN1. The Morgan fingerprint density at radius 2 is 2.41 bits per heavy atom. The van der Waals surface area contributed by atoms with E-state index >= 15 is 0 Å². The van der Waals surface area contributed by atoms with Gasteiger partial charge in [-0.25, -0.2) is 0 Å². The summed E-state index contributed by atoms with van der Waals surface area (Å²) in [6, 6.07) is 0.687. The average Bonchev–Trinajstić information content (AvgIpc) is 2.88. The maximum Gasteiger partial charge on any atom is 0.0638 e. The quantitative estimate of drug-likeness (QED) is 0.836. The predicted molar refractivity (Wildman–Crippen MR) is 69.9 cm³/mol. The van der Waals surface area contributed by atoms with Gasteiger partial charge in [0, 0.05) is 37.9 Å². The molecule has 1 N–H and O–H groups in total. The second-order valence-electron chi connectivity index (χ2n) is 5.03. The molecule has 2 rings (SSSR count). The number of rotatable bonds is 5. The second-order valence-corrected chi connectivity index (χ2v) is 5.03. The maximum absolute atomic E-state index is 4.40. The van der Waals surface area contributed by atoms with E-state index in [1.807, 2.05) is 11.7 Å². The Bertz CT molecular complexity index is 352. The zero-order valence-electron chi connectivity index (χ0n) is 11.2. The number of likely N-dealkylation sites (N-methyl/N-ethyl adjacent to an activating group) is 1. The van der Waals surface area contributed by atoms with Gasteiger partial charge in [0.05, 0.1) is 5.69 Å². The first-order valence-corrected chi connectivity index (χ1v) is 6.64. The maximum atomic E-state index is 4.40. The third-order valence-electron chi connectivity index (χ3n) is 3.60. The van der Waals surface area contributed by atoms with Crippen molar-refractivity contribution >= 4 is 0 Å². The lowest BCUT2D eigenvalue weighted by Crippen LogP contribution is -2.37. The molecule has 0 saturated carbocycles. The first-order chi connectivity index (χ1) is 8.19. The summed E-state index contributed by atoms with van der Waals surface area (Å²) >= 11 is 0. The van der Waals surface area contributed by atoms with E-state index in [4.69, 9.17) is 0 Å². The van der Waals surface area contributed by atoms with Crippen molar-refractivity contribution in [3.05, 3.63) is 17.5 Å². The molecule has 0 spiro atoms. The molecule has 1 fully saturated rings. The van der Waals surface area contributed by atoms with Crippen LogP contribution in [0.2, 0.25) is 0 Å². The smallest absolute Gasteiger partial charge is 0.0638 e. The Morgan fingerprint density at radius 1 is 1.59 bits per heavy atom. The lowest BCUT2D eigenvalue weighted by atomic mass is 10.2. The molecule has 1 saturated heterocycles. The van der Waals surface area contributed by atoms with E-state index in [0.717, 1.165) is 25.3 Å². The highest BCUT2D eigenvalue weighted by molar-refractivity contribution is 5.15. The molecular formula is C13H24N4. The minimum atomic E-state index is 0.687. The molecule has 0 amide bonds. The number of aryl methyl sites for hydroxylation is 2. The fourth-order valence-corrected chi connectivity index (χ4v) is 2.57. The van der Waals surface area contributed by atoms with Crippen molar-refractivity contribution in [1.29, 1.82) is 0 Å². The normalized spacial score (nSPS) is 20.4. The van der Waals surface area contributed by atoms with Gasteiger partial charge in [-0.1, -0.05) is 6.92 Å².